The fraction of sp³-hybridized carbons (Fsp3) is 0.571. The molecule has 17 heavy (non-hydrogen) atoms. The largest absolute Gasteiger partial charge is 0.372 e. The fourth-order valence-corrected chi connectivity index (χ4v) is 1.69. The van der Waals surface area contributed by atoms with Crippen LogP contribution in [0.25, 0.3) is 0 Å². The van der Waals surface area contributed by atoms with Gasteiger partial charge >= 0.3 is 0 Å². The van der Waals surface area contributed by atoms with Gasteiger partial charge in [-0.25, -0.2) is 4.39 Å². The Labute approximate surface area is 104 Å². The Balaban J connectivity index is 2.77. The van der Waals surface area contributed by atoms with Crippen molar-refractivity contribution in [1.29, 1.82) is 0 Å². The van der Waals surface area contributed by atoms with Crippen LogP contribution in [-0.4, -0.2) is 13.6 Å². The van der Waals surface area contributed by atoms with Crippen LogP contribution >= 0.6 is 0 Å². The van der Waals surface area contributed by atoms with Crippen molar-refractivity contribution < 1.29 is 4.39 Å². The van der Waals surface area contributed by atoms with Gasteiger partial charge in [-0.15, -0.1) is 0 Å². The SMILES string of the molecule is CC(C)CCN(C)c1ccc(C(C)N)cc1F. The van der Waals surface area contributed by atoms with Gasteiger partial charge in [-0.05, 0) is 37.0 Å². The van der Waals surface area contributed by atoms with Crippen LogP contribution < -0.4 is 10.6 Å². The summed E-state index contributed by atoms with van der Waals surface area (Å²) >= 11 is 0. The molecule has 0 spiro atoms. The number of hydrogen-bond donors (Lipinski definition) is 1. The number of nitrogens with two attached hydrogens (primary N) is 1. The highest BCUT2D eigenvalue weighted by Crippen LogP contribution is 2.22. The van der Waals surface area contributed by atoms with Gasteiger partial charge in [0.25, 0.3) is 0 Å². The molecule has 2 nitrogen and oxygen atoms in total. The average Bonchev–Trinajstić information content (AvgIpc) is 2.25. The third kappa shape index (κ3) is 4.00. The lowest BCUT2D eigenvalue weighted by Gasteiger charge is -2.21. The maximum atomic E-state index is 13.9. The van der Waals surface area contributed by atoms with Crippen molar-refractivity contribution in [3.63, 3.8) is 0 Å². The molecule has 0 fully saturated rings. The van der Waals surface area contributed by atoms with Crippen molar-refractivity contribution >= 4 is 5.69 Å². The molecule has 0 aliphatic heterocycles. The van der Waals surface area contributed by atoms with Crippen molar-refractivity contribution in [2.24, 2.45) is 11.7 Å². The first-order valence-corrected chi connectivity index (χ1v) is 6.18. The van der Waals surface area contributed by atoms with Crippen LogP contribution in [-0.2, 0) is 0 Å². The van der Waals surface area contributed by atoms with Gasteiger partial charge in [-0.3, -0.25) is 0 Å². The molecule has 0 radical (unpaired) electrons. The van der Waals surface area contributed by atoms with Crippen molar-refractivity contribution in [2.45, 2.75) is 33.2 Å². The highest BCUT2D eigenvalue weighted by molar-refractivity contribution is 5.48. The number of anilines is 1. The Kier molecular flexibility index (Phi) is 4.94. The molecule has 0 heterocycles. The smallest absolute Gasteiger partial charge is 0.146 e. The summed E-state index contributed by atoms with van der Waals surface area (Å²) in [7, 11) is 1.92. The third-order valence-corrected chi connectivity index (χ3v) is 2.95. The second-order valence-electron chi connectivity index (χ2n) is 5.10. The van der Waals surface area contributed by atoms with Crippen molar-refractivity contribution in [3.8, 4) is 0 Å². The van der Waals surface area contributed by atoms with Crippen molar-refractivity contribution in [2.75, 3.05) is 18.5 Å². The Bertz CT molecular complexity index is 361. The van der Waals surface area contributed by atoms with Crippen LogP contribution in [0.4, 0.5) is 10.1 Å². The van der Waals surface area contributed by atoms with Crippen LogP contribution in [0, 0.1) is 11.7 Å². The first kappa shape index (κ1) is 14.0. The van der Waals surface area contributed by atoms with E-state index in [4.69, 9.17) is 5.73 Å². The zero-order valence-corrected chi connectivity index (χ0v) is 11.2. The number of benzene rings is 1. The molecule has 0 aliphatic carbocycles. The van der Waals surface area contributed by atoms with E-state index in [2.05, 4.69) is 13.8 Å². The Morgan fingerprint density at radius 3 is 2.41 bits per heavy atom. The van der Waals surface area contributed by atoms with E-state index in [-0.39, 0.29) is 11.9 Å². The molecule has 1 rings (SSSR count). The summed E-state index contributed by atoms with van der Waals surface area (Å²) in [6.07, 6.45) is 1.06. The van der Waals surface area contributed by atoms with E-state index in [9.17, 15) is 4.39 Å². The van der Waals surface area contributed by atoms with Crippen LogP contribution in [0.3, 0.4) is 0 Å². The third-order valence-electron chi connectivity index (χ3n) is 2.95. The first-order chi connectivity index (χ1) is 7.91. The summed E-state index contributed by atoms with van der Waals surface area (Å²) in [5, 5.41) is 0. The second-order valence-corrected chi connectivity index (χ2v) is 5.10. The number of rotatable bonds is 5. The predicted octanol–water partition coefficient (Wildman–Crippen LogP) is 3.33. The summed E-state index contributed by atoms with van der Waals surface area (Å²) < 4.78 is 13.9. The van der Waals surface area contributed by atoms with Crippen LogP contribution in [0.15, 0.2) is 18.2 Å². The molecule has 0 aromatic heterocycles. The van der Waals surface area contributed by atoms with Crippen molar-refractivity contribution in [3.05, 3.63) is 29.6 Å². The number of hydrogen-bond acceptors (Lipinski definition) is 2. The van der Waals surface area contributed by atoms with E-state index in [0.717, 1.165) is 18.5 Å². The molecule has 0 bridgehead atoms. The van der Waals surface area contributed by atoms with E-state index in [1.54, 1.807) is 0 Å². The fourth-order valence-electron chi connectivity index (χ4n) is 1.69. The highest BCUT2D eigenvalue weighted by Gasteiger charge is 2.10. The predicted molar refractivity (Wildman–Crippen MR) is 71.7 cm³/mol. The molecule has 1 aromatic carbocycles. The summed E-state index contributed by atoms with van der Waals surface area (Å²) in [4.78, 5) is 1.96. The monoisotopic (exact) mass is 238 g/mol. The van der Waals surface area contributed by atoms with Gasteiger partial charge in [-0.1, -0.05) is 19.9 Å². The summed E-state index contributed by atoms with van der Waals surface area (Å²) in [5.74, 6) is 0.440. The van der Waals surface area contributed by atoms with E-state index >= 15 is 0 Å². The summed E-state index contributed by atoms with van der Waals surface area (Å²) in [5.41, 5.74) is 7.21. The zero-order valence-electron chi connectivity index (χ0n) is 11.2. The molecule has 3 heteroatoms. The Morgan fingerprint density at radius 1 is 1.29 bits per heavy atom. The zero-order chi connectivity index (χ0) is 13.0. The minimum Gasteiger partial charge on any atom is -0.372 e. The van der Waals surface area contributed by atoms with Crippen LogP contribution in [0.5, 0.6) is 0 Å². The molecule has 0 aliphatic rings. The minimum atomic E-state index is -0.189. The second kappa shape index (κ2) is 6.01. The van der Waals surface area contributed by atoms with Gasteiger partial charge in [0, 0.05) is 19.6 Å². The Morgan fingerprint density at radius 2 is 1.94 bits per heavy atom. The highest BCUT2D eigenvalue weighted by atomic mass is 19.1. The first-order valence-electron chi connectivity index (χ1n) is 6.18. The lowest BCUT2D eigenvalue weighted by Crippen LogP contribution is -2.21. The molecule has 1 atom stereocenters. The topological polar surface area (TPSA) is 29.3 Å². The normalized spacial score (nSPS) is 12.9. The van der Waals surface area contributed by atoms with Gasteiger partial charge in [-0.2, -0.15) is 0 Å². The Hall–Kier alpha value is -1.09. The van der Waals surface area contributed by atoms with Crippen molar-refractivity contribution in [1.82, 2.24) is 0 Å². The van der Waals surface area contributed by atoms with E-state index in [0.29, 0.717) is 11.6 Å². The molecule has 0 saturated heterocycles. The van der Waals surface area contributed by atoms with E-state index in [1.807, 2.05) is 31.0 Å². The molecule has 1 unspecified atom stereocenters. The van der Waals surface area contributed by atoms with Crippen LogP contribution in [0.1, 0.15) is 38.8 Å². The maximum absolute atomic E-state index is 13.9. The number of halogens is 1. The summed E-state index contributed by atoms with van der Waals surface area (Å²) in [6.45, 7) is 7.07. The van der Waals surface area contributed by atoms with Gasteiger partial charge in [0.05, 0.1) is 5.69 Å². The average molecular weight is 238 g/mol. The van der Waals surface area contributed by atoms with E-state index in [1.165, 1.54) is 6.07 Å². The lowest BCUT2D eigenvalue weighted by molar-refractivity contribution is 0.573. The molecule has 0 amide bonds. The molecule has 1 aromatic rings. The molecule has 0 saturated carbocycles. The van der Waals surface area contributed by atoms with E-state index < -0.39 is 0 Å². The van der Waals surface area contributed by atoms with Gasteiger partial charge in [0.2, 0.25) is 0 Å². The molecular formula is C14H23FN2. The van der Waals surface area contributed by atoms with Crippen LogP contribution in [0.2, 0.25) is 0 Å². The van der Waals surface area contributed by atoms with Gasteiger partial charge in [0.15, 0.2) is 0 Å². The summed E-state index contributed by atoms with van der Waals surface area (Å²) in [6, 6.07) is 5.12. The van der Waals surface area contributed by atoms with Gasteiger partial charge in [0.1, 0.15) is 5.82 Å². The quantitative estimate of drug-likeness (QED) is 0.852. The standard InChI is InChI=1S/C14H23FN2/c1-10(2)7-8-17(4)14-6-5-12(11(3)16)9-13(14)15/h5-6,9-11H,7-8,16H2,1-4H3. The minimum absolute atomic E-state index is 0.125. The molecule has 2 N–H and O–H groups in total. The maximum Gasteiger partial charge on any atom is 0.146 e. The lowest BCUT2D eigenvalue weighted by atomic mass is 10.1. The molecular weight excluding hydrogens is 215 g/mol. The molecule has 96 valence electrons. The number of nitrogens with zero attached hydrogens (tertiary/aromatic N) is 1. The van der Waals surface area contributed by atoms with Gasteiger partial charge < -0.3 is 10.6 Å².